The lowest BCUT2D eigenvalue weighted by Crippen LogP contribution is -2.22. The van der Waals surface area contributed by atoms with E-state index >= 15 is 0 Å². The van der Waals surface area contributed by atoms with Crippen LogP contribution in [0.5, 0.6) is 0 Å². The number of hydrogen-bond donors (Lipinski definition) is 1. The van der Waals surface area contributed by atoms with E-state index in [4.69, 9.17) is 0 Å². The van der Waals surface area contributed by atoms with Crippen LogP contribution < -0.4 is 5.32 Å². The molecular weight excluding hydrogens is 207 g/mol. The first-order chi connectivity index (χ1) is 7.68. The largest absolute Gasteiger partial charge is 0.356 e. The zero-order chi connectivity index (χ0) is 11.5. The summed E-state index contributed by atoms with van der Waals surface area (Å²) in [6, 6.07) is 4.98. The van der Waals surface area contributed by atoms with E-state index in [2.05, 4.69) is 5.32 Å². The number of nitrogens with zero attached hydrogens (tertiary/aromatic N) is 1. The second kappa shape index (κ2) is 4.35. The van der Waals surface area contributed by atoms with Gasteiger partial charge in [-0.15, -0.1) is 0 Å². The van der Waals surface area contributed by atoms with Crippen LogP contribution in [0.15, 0.2) is 30.6 Å². The number of hydrogen-bond acceptors (Lipinski definition) is 1. The predicted molar refractivity (Wildman–Crippen MR) is 59.7 cm³/mol. The molecule has 0 fully saturated rings. The molecule has 4 heteroatoms. The molecule has 1 N–H and O–H groups in total. The van der Waals surface area contributed by atoms with Crippen molar-refractivity contribution in [2.45, 2.75) is 13.3 Å². The van der Waals surface area contributed by atoms with Gasteiger partial charge in [-0.2, -0.15) is 0 Å². The second-order valence-corrected chi connectivity index (χ2v) is 3.69. The fourth-order valence-electron chi connectivity index (χ4n) is 1.76. The topological polar surface area (TPSA) is 33.5 Å². The Morgan fingerprint density at radius 2 is 2.25 bits per heavy atom. The first kappa shape index (κ1) is 10.7. The summed E-state index contributed by atoms with van der Waals surface area (Å²) in [7, 11) is 0. The Labute approximate surface area is 92.9 Å². The monoisotopic (exact) mass is 220 g/mol. The molecule has 84 valence electrons. The highest BCUT2D eigenvalue weighted by molar-refractivity contribution is 5.72. The van der Waals surface area contributed by atoms with Crippen LogP contribution in [-0.2, 0) is 11.2 Å². The number of aromatic nitrogens is 1. The van der Waals surface area contributed by atoms with E-state index in [-0.39, 0.29) is 11.7 Å². The van der Waals surface area contributed by atoms with Gasteiger partial charge in [-0.1, -0.05) is 0 Å². The van der Waals surface area contributed by atoms with Crippen LogP contribution in [0.4, 0.5) is 4.39 Å². The Bertz CT molecular complexity index is 519. The lowest BCUT2D eigenvalue weighted by Gasteiger charge is -2.02. The van der Waals surface area contributed by atoms with E-state index in [9.17, 15) is 9.18 Å². The molecule has 2 rings (SSSR count). The highest BCUT2D eigenvalue weighted by Crippen LogP contribution is 2.16. The normalized spacial score (nSPS) is 10.6. The van der Waals surface area contributed by atoms with E-state index in [1.165, 1.54) is 13.0 Å². The van der Waals surface area contributed by atoms with Gasteiger partial charge in [0.15, 0.2) is 0 Å². The Kier molecular flexibility index (Phi) is 2.90. The lowest BCUT2D eigenvalue weighted by molar-refractivity contribution is -0.118. The highest BCUT2D eigenvalue weighted by atomic mass is 19.1. The Hall–Kier alpha value is -1.84. The summed E-state index contributed by atoms with van der Waals surface area (Å²) >= 11 is 0. The molecule has 0 radical (unpaired) electrons. The van der Waals surface area contributed by atoms with E-state index in [0.717, 1.165) is 5.56 Å². The van der Waals surface area contributed by atoms with Gasteiger partial charge in [0.2, 0.25) is 5.91 Å². The first-order valence-corrected chi connectivity index (χ1v) is 5.17. The zero-order valence-electron chi connectivity index (χ0n) is 9.03. The molecule has 2 aromatic heterocycles. The molecule has 3 nitrogen and oxygen atoms in total. The maximum absolute atomic E-state index is 13.6. The summed E-state index contributed by atoms with van der Waals surface area (Å²) < 4.78 is 15.3. The molecule has 1 amide bonds. The predicted octanol–water partition coefficient (Wildman–Crippen LogP) is 1.76. The van der Waals surface area contributed by atoms with Gasteiger partial charge in [0.25, 0.3) is 0 Å². The quantitative estimate of drug-likeness (QED) is 0.840. The van der Waals surface area contributed by atoms with Crippen molar-refractivity contribution in [2.75, 3.05) is 6.54 Å². The van der Waals surface area contributed by atoms with E-state index in [1.54, 1.807) is 16.7 Å². The first-order valence-electron chi connectivity index (χ1n) is 5.17. The van der Waals surface area contributed by atoms with Gasteiger partial charge >= 0.3 is 0 Å². The van der Waals surface area contributed by atoms with Crippen LogP contribution in [0.25, 0.3) is 5.52 Å². The number of carbonyl (C=O) groups is 1. The van der Waals surface area contributed by atoms with Gasteiger partial charge in [-0.3, -0.25) is 4.79 Å². The standard InChI is InChI=1S/C12H13FN2O/c1-9(16)14-6-4-10-5-8-15-7-2-3-11(13)12(10)15/h2-3,5,7-8H,4,6H2,1H3,(H,14,16). The van der Waals surface area contributed by atoms with Gasteiger partial charge in [-0.25, -0.2) is 4.39 Å². The van der Waals surface area contributed by atoms with E-state index < -0.39 is 0 Å². The summed E-state index contributed by atoms with van der Waals surface area (Å²) in [5.41, 5.74) is 1.50. The molecule has 2 heterocycles. The number of amides is 1. The fraction of sp³-hybridized carbons (Fsp3) is 0.250. The number of rotatable bonds is 3. The minimum absolute atomic E-state index is 0.0658. The third kappa shape index (κ3) is 2.05. The van der Waals surface area contributed by atoms with Crippen molar-refractivity contribution in [1.82, 2.24) is 9.72 Å². The van der Waals surface area contributed by atoms with Crippen molar-refractivity contribution < 1.29 is 9.18 Å². The maximum atomic E-state index is 13.6. The van der Waals surface area contributed by atoms with Gasteiger partial charge in [0, 0.05) is 25.9 Å². The van der Waals surface area contributed by atoms with Crippen molar-refractivity contribution in [3.63, 3.8) is 0 Å². The van der Waals surface area contributed by atoms with Gasteiger partial charge < -0.3 is 9.72 Å². The zero-order valence-corrected chi connectivity index (χ0v) is 9.03. The lowest BCUT2D eigenvalue weighted by atomic mass is 10.2. The Balaban J connectivity index is 2.21. The van der Waals surface area contributed by atoms with Crippen LogP contribution in [0.1, 0.15) is 12.5 Å². The molecule has 0 saturated heterocycles. The number of halogens is 1. The van der Waals surface area contributed by atoms with Crippen molar-refractivity contribution in [1.29, 1.82) is 0 Å². The summed E-state index contributed by atoms with van der Waals surface area (Å²) in [5, 5.41) is 2.70. The molecule has 0 spiro atoms. The molecule has 0 aliphatic heterocycles. The Morgan fingerprint density at radius 3 is 3.00 bits per heavy atom. The molecule has 0 aromatic carbocycles. The van der Waals surface area contributed by atoms with Crippen LogP contribution in [-0.4, -0.2) is 16.9 Å². The van der Waals surface area contributed by atoms with Gasteiger partial charge in [-0.05, 0) is 30.2 Å². The summed E-state index contributed by atoms with van der Waals surface area (Å²) in [5.74, 6) is -0.297. The molecule has 0 aliphatic rings. The summed E-state index contributed by atoms with van der Waals surface area (Å²) in [6.07, 6.45) is 4.26. The minimum atomic E-state index is -0.231. The van der Waals surface area contributed by atoms with Crippen molar-refractivity contribution >= 4 is 11.4 Å². The summed E-state index contributed by atoms with van der Waals surface area (Å²) in [4.78, 5) is 10.7. The van der Waals surface area contributed by atoms with Crippen LogP contribution in [0.3, 0.4) is 0 Å². The molecular formula is C12H13FN2O. The third-order valence-electron chi connectivity index (χ3n) is 2.48. The van der Waals surface area contributed by atoms with Crippen molar-refractivity contribution in [2.24, 2.45) is 0 Å². The average Bonchev–Trinajstić information content (AvgIpc) is 2.62. The smallest absolute Gasteiger partial charge is 0.216 e. The molecule has 0 atom stereocenters. The molecule has 2 aromatic rings. The van der Waals surface area contributed by atoms with E-state index in [0.29, 0.717) is 18.5 Å². The third-order valence-corrected chi connectivity index (χ3v) is 2.48. The van der Waals surface area contributed by atoms with Crippen LogP contribution in [0, 0.1) is 5.82 Å². The number of pyridine rings is 1. The molecule has 0 saturated carbocycles. The maximum Gasteiger partial charge on any atom is 0.216 e. The minimum Gasteiger partial charge on any atom is -0.356 e. The van der Waals surface area contributed by atoms with Gasteiger partial charge in [0.1, 0.15) is 5.82 Å². The Morgan fingerprint density at radius 1 is 1.44 bits per heavy atom. The fourth-order valence-corrected chi connectivity index (χ4v) is 1.76. The number of fused-ring (bicyclic) bond motifs is 1. The molecule has 0 aliphatic carbocycles. The van der Waals surface area contributed by atoms with Crippen LogP contribution >= 0.6 is 0 Å². The summed E-state index contributed by atoms with van der Waals surface area (Å²) in [6.45, 7) is 2.00. The SMILES string of the molecule is CC(=O)NCCc1ccn2cccc(F)c12. The highest BCUT2D eigenvalue weighted by Gasteiger charge is 2.06. The molecule has 0 unspecified atom stereocenters. The van der Waals surface area contributed by atoms with Crippen LogP contribution in [0.2, 0.25) is 0 Å². The second-order valence-electron chi connectivity index (χ2n) is 3.69. The van der Waals surface area contributed by atoms with Gasteiger partial charge in [0.05, 0.1) is 5.52 Å². The number of carbonyl (C=O) groups excluding carboxylic acids is 1. The molecule has 16 heavy (non-hydrogen) atoms. The van der Waals surface area contributed by atoms with Crippen molar-refractivity contribution in [3.8, 4) is 0 Å². The molecule has 0 bridgehead atoms. The van der Waals surface area contributed by atoms with E-state index in [1.807, 2.05) is 12.3 Å². The van der Waals surface area contributed by atoms with Crippen molar-refractivity contribution in [3.05, 3.63) is 42.0 Å². The number of nitrogens with one attached hydrogen (secondary N) is 1. The average molecular weight is 220 g/mol.